The summed E-state index contributed by atoms with van der Waals surface area (Å²) in [6.07, 6.45) is 3.25. The quantitative estimate of drug-likeness (QED) is 0.795. The number of hydrogen-bond donors (Lipinski definition) is 1. The second kappa shape index (κ2) is 8.65. The molecule has 128 valence electrons. The number of carbonyl (C=O) groups is 1. The first-order valence-corrected chi connectivity index (χ1v) is 8.79. The lowest BCUT2D eigenvalue weighted by atomic mass is 9.92. The van der Waals surface area contributed by atoms with Gasteiger partial charge in [0, 0.05) is 24.7 Å². The molecule has 0 radical (unpaired) electrons. The number of rotatable bonds is 6. The van der Waals surface area contributed by atoms with Crippen LogP contribution in [0.4, 0.5) is 4.39 Å². The Kier molecular flexibility index (Phi) is 6.85. The van der Waals surface area contributed by atoms with Crippen LogP contribution >= 0.6 is 11.6 Å². The van der Waals surface area contributed by atoms with Gasteiger partial charge in [-0.3, -0.25) is 4.79 Å². The third-order valence-corrected chi connectivity index (χ3v) is 4.54. The molecular formula is C18H26ClFN2O. The van der Waals surface area contributed by atoms with Crippen molar-refractivity contribution in [3.8, 4) is 0 Å². The zero-order valence-electron chi connectivity index (χ0n) is 13.9. The maximum Gasteiger partial charge on any atom is 0.254 e. The van der Waals surface area contributed by atoms with E-state index in [0.717, 1.165) is 31.2 Å². The Balaban J connectivity index is 1.67. The first-order chi connectivity index (χ1) is 11.0. The van der Waals surface area contributed by atoms with E-state index < -0.39 is 11.7 Å². The van der Waals surface area contributed by atoms with Gasteiger partial charge in [0.15, 0.2) is 0 Å². The fourth-order valence-corrected chi connectivity index (χ4v) is 3.58. The molecule has 1 amide bonds. The van der Waals surface area contributed by atoms with Crippen molar-refractivity contribution in [2.24, 2.45) is 11.8 Å². The zero-order chi connectivity index (χ0) is 16.8. The predicted molar refractivity (Wildman–Crippen MR) is 92.4 cm³/mol. The average molecular weight is 341 g/mol. The van der Waals surface area contributed by atoms with Gasteiger partial charge in [0.2, 0.25) is 0 Å². The van der Waals surface area contributed by atoms with E-state index in [0.29, 0.717) is 11.6 Å². The minimum absolute atomic E-state index is 0.0104. The number of hydrogen-bond acceptors (Lipinski definition) is 2. The third kappa shape index (κ3) is 5.78. The maximum absolute atomic E-state index is 13.6. The summed E-state index contributed by atoms with van der Waals surface area (Å²) < 4.78 is 13.6. The largest absolute Gasteiger partial charge is 0.352 e. The molecule has 2 rings (SSSR count). The van der Waals surface area contributed by atoms with E-state index in [2.05, 4.69) is 24.1 Å². The van der Waals surface area contributed by atoms with Crippen molar-refractivity contribution in [1.29, 1.82) is 0 Å². The number of benzene rings is 1. The number of nitrogens with one attached hydrogen (secondary N) is 1. The first-order valence-electron chi connectivity index (χ1n) is 8.41. The predicted octanol–water partition coefficient (Wildman–Crippen LogP) is 3.97. The number of amides is 1. The summed E-state index contributed by atoms with van der Waals surface area (Å²) in [6.45, 7) is 8.58. The second-order valence-electron chi connectivity index (χ2n) is 6.79. The molecule has 1 aromatic rings. The van der Waals surface area contributed by atoms with Gasteiger partial charge < -0.3 is 10.2 Å². The Morgan fingerprint density at radius 3 is 2.70 bits per heavy atom. The van der Waals surface area contributed by atoms with Gasteiger partial charge in [-0.15, -0.1) is 0 Å². The van der Waals surface area contributed by atoms with Gasteiger partial charge >= 0.3 is 0 Å². The number of likely N-dealkylation sites (tertiary alicyclic amines) is 1. The van der Waals surface area contributed by atoms with Crippen LogP contribution < -0.4 is 5.32 Å². The molecule has 5 heteroatoms. The Hall–Kier alpha value is -1.13. The highest BCUT2D eigenvalue weighted by atomic mass is 35.5. The van der Waals surface area contributed by atoms with Crippen LogP contribution in [0.2, 0.25) is 5.02 Å². The van der Waals surface area contributed by atoms with Crippen molar-refractivity contribution in [2.45, 2.75) is 33.1 Å². The smallest absolute Gasteiger partial charge is 0.254 e. The molecule has 0 saturated carbocycles. The van der Waals surface area contributed by atoms with Gasteiger partial charge in [-0.2, -0.15) is 0 Å². The van der Waals surface area contributed by atoms with E-state index >= 15 is 0 Å². The molecule has 1 aromatic carbocycles. The molecule has 1 aliphatic heterocycles. The minimum Gasteiger partial charge on any atom is -0.352 e. The lowest BCUT2D eigenvalue weighted by Crippen LogP contribution is -2.39. The van der Waals surface area contributed by atoms with Gasteiger partial charge in [-0.1, -0.05) is 25.4 Å². The maximum atomic E-state index is 13.6. The molecule has 1 heterocycles. The minimum atomic E-state index is -0.539. The standard InChI is InChI=1S/C18H26ClFN2O/c1-13-9-14(2)12-22(11-13)8-4-3-7-21-18(23)16-10-15(19)5-6-17(16)20/h5-6,10,13-14H,3-4,7-9,11-12H2,1-2H3,(H,21,23). The van der Waals surface area contributed by atoms with E-state index in [9.17, 15) is 9.18 Å². The molecule has 23 heavy (non-hydrogen) atoms. The first kappa shape index (κ1) is 18.2. The van der Waals surface area contributed by atoms with E-state index in [1.807, 2.05) is 0 Å². The van der Waals surface area contributed by atoms with E-state index in [4.69, 9.17) is 11.6 Å². The van der Waals surface area contributed by atoms with Crippen LogP contribution in [0, 0.1) is 17.7 Å². The number of carbonyl (C=O) groups excluding carboxylic acids is 1. The number of halogens is 2. The van der Waals surface area contributed by atoms with Gasteiger partial charge in [-0.05, 0) is 55.8 Å². The summed E-state index contributed by atoms with van der Waals surface area (Å²) in [5.74, 6) is 0.599. The third-order valence-electron chi connectivity index (χ3n) is 4.30. The SMILES string of the molecule is CC1CC(C)CN(CCCCNC(=O)c2cc(Cl)ccc2F)C1. The monoisotopic (exact) mass is 340 g/mol. The number of nitrogens with zero attached hydrogens (tertiary/aromatic N) is 1. The highest BCUT2D eigenvalue weighted by Crippen LogP contribution is 2.21. The van der Waals surface area contributed by atoms with Crippen molar-refractivity contribution in [3.63, 3.8) is 0 Å². The lowest BCUT2D eigenvalue weighted by molar-refractivity contribution is 0.0947. The van der Waals surface area contributed by atoms with Crippen LogP contribution in [-0.4, -0.2) is 37.0 Å². The molecule has 1 aliphatic rings. The molecule has 3 nitrogen and oxygen atoms in total. The summed E-state index contributed by atoms with van der Waals surface area (Å²) in [4.78, 5) is 14.5. The van der Waals surface area contributed by atoms with E-state index in [1.165, 1.54) is 37.7 Å². The summed E-state index contributed by atoms with van der Waals surface area (Å²) in [5, 5.41) is 3.13. The fourth-order valence-electron chi connectivity index (χ4n) is 3.40. The average Bonchev–Trinajstić information content (AvgIpc) is 2.48. The Morgan fingerprint density at radius 1 is 1.30 bits per heavy atom. The summed E-state index contributed by atoms with van der Waals surface area (Å²) in [7, 11) is 0. The molecule has 0 bridgehead atoms. The van der Waals surface area contributed by atoms with E-state index in [1.54, 1.807) is 0 Å². The zero-order valence-corrected chi connectivity index (χ0v) is 14.7. The molecule has 0 aromatic heterocycles. The van der Waals surface area contributed by atoms with E-state index in [-0.39, 0.29) is 5.56 Å². The highest BCUT2D eigenvalue weighted by Gasteiger charge is 2.21. The van der Waals surface area contributed by atoms with Crippen LogP contribution in [0.3, 0.4) is 0 Å². The topological polar surface area (TPSA) is 32.3 Å². The molecule has 1 N–H and O–H groups in total. The van der Waals surface area contributed by atoms with Crippen molar-refractivity contribution in [2.75, 3.05) is 26.2 Å². The molecule has 1 fully saturated rings. The Morgan fingerprint density at radius 2 is 2.00 bits per heavy atom. The fraction of sp³-hybridized carbons (Fsp3) is 0.611. The molecule has 2 atom stereocenters. The lowest BCUT2D eigenvalue weighted by Gasteiger charge is -2.34. The van der Waals surface area contributed by atoms with Crippen LogP contribution in [0.25, 0.3) is 0 Å². The van der Waals surface area contributed by atoms with Gasteiger partial charge in [0.1, 0.15) is 5.82 Å². The molecule has 1 saturated heterocycles. The molecule has 2 unspecified atom stereocenters. The van der Waals surface area contributed by atoms with Crippen LogP contribution in [0.1, 0.15) is 43.5 Å². The van der Waals surface area contributed by atoms with Crippen molar-refractivity contribution < 1.29 is 9.18 Å². The van der Waals surface area contributed by atoms with Crippen molar-refractivity contribution >= 4 is 17.5 Å². The van der Waals surface area contributed by atoms with Crippen molar-refractivity contribution in [3.05, 3.63) is 34.6 Å². The molecule has 0 aliphatic carbocycles. The number of piperidine rings is 1. The van der Waals surface area contributed by atoms with Crippen LogP contribution in [0.5, 0.6) is 0 Å². The van der Waals surface area contributed by atoms with Crippen molar-refractivity contribution in [1.82, 2.24) is 10.2 Å². The summed E-state index contributed by atoms with van der Waals surface area (Å²) in [6, 6.07) is 4.02. The normalized spacial score (nSPS) is 22.1. The molecular weight excluding hydrogens is 315 g/mol. The molecule has 0 spiro atoms. The van der Waals surface area contributed by atoms with Crippen LogP contribution in [-0.2, 0) is 0 Å². The summed E-state index contributed by atoms with van der Waals surface area (Å²) >= 11 is 5.80. The Labute approximate surface area is 143 Å². The van der Waals surface area contributed by atoms with Gasteiger partial charge in [0.05, 0.1) is 5.56 Å². The van der Waals surface area contributed by atoms with Gasteiger partial charge in [0.25, 0.3) is 5.91 Å². The number of unbranched alkanes of at least 4 members (excludes halogenated alkanes) is 1. The van der Waals surface area contributed by atoms with Gasteiger partial charge in [-0.25, -0.2) is 4.39 Å². The Bertz CT molecular complexity index is 528. The summed E-state index contributed by atoms with van der Waals surface area (Å²) in [5.41, 5.74) is 0.0104. The van der Waals surface area contributed by atoms with Crippen LogP contribution in [0.15, 0.2) is 18.2 Å². The highest BCUT2D eigenvalue weighted by molar-refractivity contribution is 6.30. The second-order valence-corrected chi connectivity index (χ2v) is 7.23.